The molecule has 0 unspecified atom stereocenters. The number of nitrogens with one attached hydrogen (secondary N) is 2. The summed E-state index contributed by atoms with van der Waals surface area (Å²) in [6.45, 7) is -0.322. The van der Waals surface area contributed by atoms with Gasteiger partial charge in [-0.05, 0) is 48.0 Å². The number of esters is 1. The van der Waals surface area contributed by atoms with Gasteiger partial charge in [-0.15, -0.1) is 0 Å². The number of hydrazone groups is 1. The van der Waals surface area contributed by atoms with Gasteiger partial charge < -0.3 is 24.3 Å². The second-order valence-electron chi connectivity index (χ2n) is 7.36. The Labute approximate surface area is 221 Å². The first-order chi connectivity index (χ1) is 17.8. The van der Waals surface area contributed by atoms with E-state index in [1.54, 1.807) is 48.5 Å². The molecule has 0 atom stereocenters. The summed E-state index contributed by atoms with van der Waals surface area (Å²) in [6, 6.07) is 16.4. The van der Waals surface area contributed by atoms with E-state index in [1.165, 1.54) is 39.7 Å². The lowest BCUT2D eigenvalue weighted by Gasteiger charge is -2.14. The van der Waals surface area contributed by atoms with Crippen LogP contribution in [0.2, 0.25) is 0 Å². The van der Waals surface area contributed by atoms with E-state index in [2.05, 4.69) is 31.8 Å². The summed E-state index contributed by atoms with van der Waals surface area (Å²) in [5.41, 5.74) is 3.53. The van der Waals surface area contributed by atoms with Gasteiger partial charge in [0.2, 0.25) is 5.75 Å². The van der Waals surface area contributed by atoms with Crippen molar-refractivity contribution >= 4 is 39.9 Å². The Bertz CT molecular complexity index is 1300. The van der Waals surface area contributed by atoms with Crippen LogP contribution in [-0.4, -0.2) is 51.9 Å². The van der Waals surface area contributed by atoms with Gasteiger partial charge in [-0.25, -0.2) is 10.2 Å². The fourth-order valence-corrected chi connectivity index (χ4v) is 3.53. The van der Waals surface area contributed by atoms with Crippen LogP contribution in [0.5, 0.6) is 23.0 Å². The van der Waals surface area contributed by atoms with Crippen molar-refractivity contribution in [2.75, 3.05) is 27.9 Å². The van der Waals surface area contributed by atoms with Gasteiger partial charge in [0.05, 0.1) is 39.7 Å². The van der Waals surface area contributed by atoms with E-state index >= 15 is 0 Å². The number of carbonyl (C=O) groups excluding carboxylic acids is 3. The van der Waals surface area contributed by atoms with Gasteiger partial charge in [-0.2, -0.15) is 5.10 Å². The first-order valence-corrected chi connectivity index (χ1v) is 11.6. The predicted octanol–water partition coefficient (Wildman–Crippen LogP) is 3.57. The molecule has 3 rings (SSSR count). The van der Waals surface area contributed by atoms with E-state index in [-0.39, 0.29) is 12.1 Å². The minimum atomic E-state index is -0.547. The van der Waals surface area contributed by atoms with Crippen molar-refractivity contribution in [3.63, 3.8) is 0 Å². The lowest BCUT2D eigenvalue weighted by Crippen LogP contribution is -2.34. The molecule has 37 heavy (non-hydrogen) atoms. The first-order valence-electron chi connectivity index (χ1n) is 10.8. The maximum atomic E-state index is 12.5. The molecule has 10 nitrogen and oxygen atoms in total. The molecule has 0 heterocycles. The topological polar surface area (TPSA) is 125 Å². The number of halogens is 1. The second-order valence-corrected chi connectivity index (χ2v) is 8.28. The molecule has 11 heteroatoms. The molecule has 0 aromatic heterocycles. The Hall–Kier alpha value is -4.38. The lowest BCUT2D eigenvalue weighted by atomic mass is 10.1. The van der Waals surface area contributed by atoms with E-state index in [4.69, 9.17) is 18.9 Å². The monoisotopic (exact) mass is 569 g/mol. The number of benzene rings is 3. The smallest absolute Gasteiger partial charge is 0.343 e. The summed E-state index contributed by atoms with van der Waals surface area (Å²) in [5, 5.41) is 6.38. The minimum Gasteiger partial charge on any atom is -0.493 e. The molecule has 192 valence electrons. The molecule has 3 aromatic rings. The molecular formula is C26H24BrN3O7. The molecular weight excluding hydrogens is 546 g/mol. The number of amides is 2. The number of ether oxygens (including phenoxy) is 4. The predicted molar refractivity (Wildman–Crippen MR) is 140 cm³/mol. The van der Waals surface area contributed by atoms with Crippen molar-refractivity contribution in [1.29, 1.82) is 0 Å². The molecule has 0 fully saturated rings. The Morgan fingerprint density at radius 2 is 1.59 bits per heavy atom. The summed E-state index contributed by atoms with van der Waals surface area (Å²) >= 11 is 3.32. The Morgan fingerprint density at radius 1 is 0.892 bits per heavy atom. The zero-order valence-electron chi connectivity index (χ0n) is 20.2. The van der Waals surface area contributed by atoms with E-state index in [0.717, 1.165) is 4.47 Å². The number of methoxy groups -OCH3 is 3. The molecule has 0 aliphatic carbocycles. The highest BCUT2D eigenvalue weighted by Crippen LogP contribution is 2.38. The minimum absolute atomic E-state index is 0.222. The van der Waals surface area contributed by atoms with Gasteiger partial charge in [-0.1, -0.05) is 34.1 Å². The quantitative estimate of drug-likeness (QED) is 0.165. The van der Waals surface area contributed by atoms with Crippen molar-refractivity contribution in [2.24, 2.45) is 5.10 Å². The summed E-state index contributed by atoms with van der Waals surface area (Å²) in [7, 11) is 4.33. The van der Waals surface area contributed by atoms with Crippen LogP contribution in [0, 0.1) is 0 Å². The van der Waals surface area contributed by atoms with Crippen molar-refractivity contribution < 1.29 is 33.3 Å². The van der Waals surface area contributed by atoms with Crippen LogP contribution in [-0.2, 0) is 4.79 Å². The van der Waals surface area contributed by atoms with Crippen molar-refractivity contribution in [3.05, 3.63) is 81.8 Å². The number of hydrogen-bond acceptors (Lipinski definition) is 8. The van der Waals surface area contributed by atoms with E-state index in [9.17, 15) is 14.4 Å². The molecule has 0 radical (unpaired) electrons. The fraction of sp³-hybridized carbons (Fsp3) is 0.154. The molecule has 0 saturated carbocycles. The van der Waals surface area contributed by atoms with Crippen molar-refractivity contribution in [2.45, 2.75) is 0 Å². The molecule has 0 aliphatic heterocycles. The third kappa shape index (κ3) is 7.55. The highest BCUT2D eigenvalue weighted by atomic mass is 79.9. The molecule has 3 aromatic carbocycles. The van der Waals surface area contributed by atoms with Crippen LogP contribution in [0.4, 0.5) is 0 Å². The number of hydrogen-bond donors (Lipinski definition) is 2. The van der Waals surface area contributed by atoms with Gasteiger partial charge in [0.1, 0.15) is 5.75 Å². The highest BCUT2D eigenvalue weighted by Gasteiger charge is 2.17. The number of rotatable bonds is 10. The first kappa shape index (κ1) is 27.2. The normalized spacial score (nSPS) is 10.5. The summed E-state index contributed by atoms with van der Waals surface area (Å²) in [6.07, 6.45) is 1.38. The molecule has 0 saturated heterocycles. The van der Waals surface area contributed by atoms with Crippen LogP contribution >= 0.6 is 15.9 Å². The largest absolute Gasteiger partial charge is 0.493 e. The number of nitrogens with zero attached hydrogens (tertiary/aromatic N) is 1. The Kier molecular flexibility index (Phi) is 9.61. The van der Waals surface area contributed by atoms with Crippen LogP contribution in [0.25, 0.3) is 0 Å². The molecule has 2 amide bonds. The number of carbonyl (C=O) groups is 3. The third-order valence-corrected chi connectivity index (χ3v) is 5.36. The molecule has 0 bridgehead atoms. The van der Waals surface area contributed by atoms with Gasteiger partial charge in [0.15, 0.2) is 11.5 Å². The average Bonchev–Trinajstić information content (AvgIpc) is 2.91. The van der Waals surface area contributed by atoms with E-state index in [0.29, 0.717) is 34.1 Å². The maximum Gasteiger partial charge on any atom is 0.343 e. The lowest BCUT2D eigenvalue weighted by molar-refractivity contribution is -0.120. The summed E-state index contributed by atoms with van der Waals surface area (Å²) < 4.78 is 21.9. The van der Waals surface area contributed by atoms with Crippen LogP contribution in [0.1, 0.15) is 26.3 Å². The summed E-state index contributed by atoms with van der Waals surface area (Å²) in [4.78, 5) is 37.0. The standard InChI is InChI=1S/C26H24BrN3O7/c1-34-21-12-18(13-22(35-2)24(21)36-3)25(32)28-15-23(31)30-29-14-16-6-4-9-20(10-16)37-26(33)17-7-5-8-19(27)11-17/h4-14H,15H2,1-3H3,(H,28,32)(H,30,31)/b29-14-. The Morgan fingerprint density at radius 3 is 2.24 bits per heavy atom. The zero-order chi connectivity index (χ0) is 26.8. The molecule has 0 aliphatic rings. The SMILES string of the molecule is COc1cc(C(=O)NCC(=O)N/N=C\c2cccc(OC(=O)c3cccc(Br)c3)c2)cc(OC)c1OC. The third-order valence-electron chi connectivity index (χ3n) is 4.87. The van der Waals surface area contributed by atoms with Gasteiger partial charge >= 0.3 is 5.97 Å². The Balaban J connectivity index is 1.54. The van der Waals surface area contributed by atoms with Crippen LogP contribution in [0.15, 0.2) is 70.2 Å². The van der Waals surface area contributed by atoms with Gasteiger partial charge in [0.25, 0.3) is 11.8 Å². The molecule has 0 spiro atoms. The van der Waals surface area contributed by atoms with Crippen molar-refractivity contribution in [3.8, 4) is 23.0 Å². The average molecular weight is 570 g/mol. The van der Waals surface area contributed by atoms with Crippen LogP contribution in [0.3, 0.4) is 0 Å². The van der Waals surface area contributed by atoms with Crippen molar-refractivity contribution in [1.82, 2.24) is 10.7 Å². The van der Waals surface area contributed by atoms with E-state index < -0.39 is 17.8 Å². The van der Waals surface area contributed by atoms with E-state index in [1.807, 2.05) is 0 Å². The summed E-state index contributed by atoms with van der Waals surface area (Å²) in [5.74, 6) is -0.283. The van der Waals surface area contributed by atoms with Gasteiger partial charge in [0, 0.05) is 10.0 Å². The second kappa shape index (κ2) is 13.1. The maximum absolute atomic E-state index is 12.5. The van der Waals surface area contributed by atoms with Crippen LogP contribution < -0.4 is 29.7 Å². The molecule has 2 N–H and O–H groups in total. The zero-order valence-corrected chi connectivity index (χ0v) is 21.8. The highest BCUT2D eigenvalue weighted by molar-refractivity contribution is 9.10. The van der Waals surface area contributed by atoms with Gasteiger partial charge in [-0.3, -0.25) is 9.59 Å². The fourth-order valence-electron chi connectivity index (χ4n) is 3.13.